The first-order valence-electron chi connectivity index (χ1n) is 6.34. The van der Waals surface area contributed by atoms with Gasteiger partial charge in [-0.1, -0.05) is 6.92 Å². The van der Waals surface area contributed by atoms with Crippen LogP contribution in [0.25, 0.3) is 0 Å². The van der Waals surface area contributed by atoms with E-state index in [2.05, 4.69) is 21.9 Å². The number of aromatic nitrogens is 1. The Morgan fingerprint density at radius 2 is 2.37 bits per heavy atom. The van der Waals surface area contributed by atoms with Crippen molar-refractivity contribution in [2.75, 3.05) is 13.1 Å². The maximum Gasteiger partial charge on any atom is 0.261 e. The Labute approximate surface area is 112 Å². The lowest BCUT2D eigenvalue weighted by molar-refractivity contribution is 0.300. The number of halogens is 1. The van der Waals surface area contributed by atoms with E-state index in [1.807, 2.05) is 0 Å². The quantitative estimate of drug-likeness (QED) is 0.862. The molecule has 0 saturated carbocycles. The number of hydrogen-bond acceptors (Lipinski definition) is 4. The predicted octanol–water partition coefficient (Wildman–Crippen LogP) is 0.887. The van der Waals surface area contributed by atoms with Crippen LogP contribution in [0.5, 0.6) is 0 Å². The first-order chi connectivity index (χ1) is 9.00. The maximum atomic E-state index is 13.4. The summed E-state index contributed by atoms with van der Waals surface area (Å²) >= 11 is 0. The minimum Gasteiger partial charge on any atom is -0.312 e. The molecule has 0 radical (unpaired) electrons. The van der Waals surface area contributed by atoms with Gasteiger partial charge in [-0.05, 0) is 37.4 Å². The van der Waals surface area contributed by atoms with Gasteiger partial charge in [0.15, 0.2) is 5.82 Å². The third kappa shape index (κ3) is 3.49. The van der Waals surface area contributed by atoms with Crippen LogP contribution in [-0.4, -0.2) is 32.5 Å². The lowest BCUT2D eigenvalue weighted by Crippen LogP contribution is -2.47. The van der Waals surface area contributed by atoms with Gasteiger partial charge >= 0.3 is 0 Å². The van der Waals surface area contributed by atoms with Gasteiger partial charge in [0.1, 0.15) is 0 Å². The lowest BCUT2D eigenvalue weighted by Gasteiger charge is -2.30. The molecule has 19 heavy (non-hydrogen) atoms. The zero-order chi connectivity index (χ0) is 13.9. The summed E-state index contributed by atoms with van der Waals surface area (Å²) in [7, 11) is -3.89. The highest BCUT2D eigenvalue weighted by Crippen LogP contribution is 2.16. The van der Waals surface area contributed by atoms with Gasteiger partial charge in [-0.25, -0.2) is 22.5 Å². The number of hydrogen-bond donors (Lipinski definition) is 2. The molecule has 0 bridgehead atoms. The Hall–Kier alpha value is -1.05. The van der Waals surface area contributed by atoms with Gasteiger partial charge < -0.3 is 5.32 Å². The summed E-state index contributed by atoms with van der Waals surface area (Å²) < 4.78 is 39.8. The average molecular weight is 287 g/mol. The SMILES string of the molecule is CC1CCCNC1CNS(=O)(=O)c1ncccc1F. The smallest absolute Gasteiger partial charge is 0.261 e. The molecule has 2 atom stereocenters. The Morgan fingerprint density at radius 3 is 3.05 bits per heavy atom. The molecule has 1 fully saturated rings. The molecule has 1 aliphatic heterocycles. The molecular formula is C12H18FN3O2S. The number of nitrogens with one attached hydrogen (secondary N) is 2. The molecule has 2 heterocycles. The lowest BCUT2D eigenvalue weighted by atomic mass is 9.93. The van der Waals surface area contributed by atoms with Crippen LogP contribution in [0.2, 0.25) is 0 Å². The van der Waals surface area contributed by atoms with E-state index in [4.69, 9.17) is 0 Å². The van der Waals surface area contributed by atoms with E-state index in [1.165, 1.54) is 12.3 Å². The van der Waals surface area contributed by atoms with Gasteiger partial charge in [-0.2, -0.15) is 0 Å². The summed E-state index contributed by atoms with van der Waals surface area (Å²) in [6.45, 7) is 3.21. The molecule has 2 rings (SSSR count). The molecule has 7 heteroatoms. The van der Waals surface area contributed by atoms with E-state index in [9.17, 15) is 12.8 Å². The molecular weight excluding hydrogens is 269 g/mol. The summed E-state index contributed by atoms with van der Waals surface area (Å²) in [5.74, 6) is -0.440. The monoisotopic (exact) mass is 287 g/mol. The van der Waals surface area contributed by atoms with Crippen LogP contribution in [0.3, 0.4) is 0 Å². The van der Waals surface area contributed by atoms with Crippen molar-refractivity contribution in [3.63, 3.8) is 0 Å². The van der Waals surface area contributed by atoms with Crippen molar-refractivity contribution >= 4 is 10.0 Å². The van der Waals surface area contributed by atoms with Crippen LogP contribution >= 0.6 is 0 Å². The second-order valence-electron chi connectivity index (χ2n) is 4.82. The summed E-state index contributed by atoms with van der Waals surface area (Å²) in [5.41, 5.74) is 0. The minimum atomic E-state index is -3.89. The predicted molar refractivity (Wildman–Crippen MR) is 69.6 cm³/mol. The van der Waals surface area contributed by atoms with Crippen LogP contribution in [0, 0.1) is 11.7 Å². The molecule has 1 aromatic heterocycles. The number of piperidine rings is 1. The Bertz CT molecular complexity index is 536. The van der Waals surface area contributed by atoms with E-state index >= 15 is 0 Å². The van der Waals surface area contributed by atoms with Crippen molar-refractivity contribution in [2.24, 2.45) is 5.92 Å². The first kappa shape index (κ1) is 14.4. The van der Waals surface area contributed by atoms with Crippen molar-refractivity contribution in [3.05, 3.63) is 24.1 Å². The standard InChI is InChI=1S/C12H18FN3O2S/c1-9-4-2-6-14-11(9)8-16-19(17,18)12-10(13)5-3-7-15-12/h3,5,7,9,11,14,16H,2,4,6,8H2,1H3. The third-order valence-electron chi connectivity index (χ3n) is 3.40. The van der Waals surface area contributed by atoms with Gasteiger partial charge in [0.2, 0.25) is 5.03 Å². The number of sulfonamides is 1. The molecule has 1 saturated heterocycles. The Morgan fingerprint density at radius 1 is 1.58 bits per heavy atom. The zero-order valence-corrected chi connectivity index (χ0v) is 11.6. The fourth-order valence-electron chi connectivity index (χ4n) is 2.22. The fourth-order valence-corrected chi connectivity index (χ4v) is 3.28. The zero-order valence-electron chi connectivity index (χ0n) is 10.8. The molecule has 0 spiro atoms. The highest BCUT2D eigenvalue weighted by molar-refractivity contribution is 7.89. The molecule has 0 aromatic carbocycles. The molecule has 1 aliphatic rings. The van der Waals surface area contributed by atoms with Crippen LogP contribution in [0.1, 0.15) is 19.8 Å². The van der Waals surface area contributed by atoms with Gasteiger partial charge in [-0.3, -0.25) is 0 Å². The van der Waals surface area contributed by atoms with Crippen LogP contribution in [0.15, 0.2) is 23.4 Å². The first-order valence-corrected chi connectivity index (χ1v) is 7.82. The van der Waals surface area contributed by atoms with E-state index in [1.54, 1.807) is 0 Å². The largest absolute Gasteiger partial charge is 0.312 e. The molecule has 5 nitrogen and oxygen atoms in total. The van der Waals surface area contributed by atoms with Crippen molar-refractivity contribution in [2.45, 2.75) is 30.8 Å². The third-order valence-corrected chi connectivity index (χ3v) is 4.76. The summed E-state index contributed by atoms with van der Waals surface area (Å²) in [6.07, 6.45) is 3.43. The fraction of sp³-hybridized carbons (Fsp3) is 0.583. The molecule has 2 unspecified atom stereocenters. The topological polar surface area (TPSA) is 71.1 Å². The molecule has 0 aliphatic carbocycles. The van der Waals surface area contributed by atoms with Crippen LogP contribution in [-0.2, 0) is 10.0 Å². The van der Waals surface area contributed by atoms with Crippen molar-refractivity contribution < 1.29 is 12.8 Å². The summed E-state index contributed by atoms with van der Waals surface area (Å²) in [5, 5.41) is 2.72. The van der Waals surface area contributed by atoms with Gasteiger partial charge in [0, 0.05) is 18.8 Å². The maximum absolute atomic E-state index is 13.4. The summed E-state index contributed by atoms with van der Waals surface area (Å²) in [4.78, 5) is 3.59. The molecule has 0 amide bonds. The summed E-state index contributed by atoms with van der Waals surface area (Å²) in [6, 6.07) is 2.53. The van der Waals surface area contributed by atoms with E-state index in [0.29, 0.717) is 5.92 Å². The van der Waals surface area contributed by atoms with Crippen LogP contribution < -0.4 is 10.0 Å². The highest BCUT2D eigenvalue weighted by Gasteiger charge is 2.25. The highest BCUT2D eigenvalue weighted by atomic mass is 32.2. The van der Waals surface area contributed by atoms with E-state index < -0.39 is 20.9 Å². The van der Waals surface area contributed by atoms with E-state index in [0.717, 1.165) is 25.5 Å². The molecule has 1 aromatic rings. The number of nitrogens with zero attached hydrogens (tertiary/aromatic N) is 1. The Kier molecular flexibility index (Phi) is 4.49. The van der Waals surface area contributed by atoms with Gasteiger partial charge in [0.05, 0.1) is 0 Å². The minimum absolute atomic E-state index is 0.0790. The molecule has 106 valence electrons. The van der Waals surface area contributed by atoms with Gasteiger partial charge in [-0.15, -0.1) is 0 Å². The van der Waals surface area contributed by atoms with Gasteiger partial charge in [0.25, 0.3) is 10.0 Å². The molecule has 2 N–H and O–H groups in total. The van der Waals surface area contributed by atoms with Crippen molar-refractivity contribution in [1.29, 1.82) is 0 Å². The number of pyridine rings is 1. The average Bonchev–Trinajstić information content (AvgIpc) is 2.38. The van der Waals surface area contributed by atoms with Crippen LogP contribution in [0.4, 0.5) is 4.39 Å². The van der Waals surface area contributed by atoms with Crippen molar-refractivity contribution in [3.8, 4) is 0 Å². The second kappa shape index (κ2) is 5.94. The van der Waals surface area contributed by atoms with E-state index in [-0.39, 0.29) is 12.6 Å². The van der Waals surface area contributed by atoms with Crippen molar-refractivity contribution in [1.82, 2.24) is 15.0 Å². The second-order valence-corrected chi connectivity index (χ2v) is 6.50. The number of rotatable bonds is 4. The normalized spacial score (nSPS) is 24.3. The Balaban J connectivity index is 2.04.